The van der Waals surface area contributed by atoms with Gasteiger partial charge < -0.3 is 20.1 Å². The number of likely N-dealkylation sites (tertiary alicyclic amines) is 1. The first-order valence-electron chi connectivity index (χ1n) is 9.50. The zero-order chi connectivity index (χ0) is 20.4. The standard InChI is InChI=1S/C19H29F3N4O2/c1-3-23-18(25-15-8-10-26(13-15)14-19(20,21)22)24-9-5-11-28-17-7-4-6-16(12-17)27-2/h4,6-7,12,15H,3,5,8-11,13-14H2,1-2H3,(H2,23,24,25). The summed E-state index contributed by atoms with van der Waals surface area (Å²) < 4.78 is 48.3. The molecule has 28 heavy (non-hydrogen) atoms. The highest BCUT2D eigenvalue weighted by Crippen LogP contribution is 2.20. The maximum absolute atomic E-state index is 12.5. The molecule has 0 amide bonds. The van der Waals surface area contributed by atoms with Crippen LogP contribution in [0.5, 0.6) is 11.5 Å². The van der Waals surface area contributed by atoms with E-state index in [1.807, 2.05) is 31.2 Å². The van der Waals surface area contributed by atoms with E-state index in [0.717, 1.165) is 17.9 Å². The number of guanidine groups is 1. The van der Waals surface area contributed by atoms with Crippen molar-refractivity contribution in [3.8, 4) is 11.5 Å². The minimum atomic E-state index is -4.16. The lowest BCUT2D eigenvalue weighted by atomic mass is 10.3. The van der Waals surface area contributed by atoms with E-state index in [2.05, 4.69) is 15.6 Å². The van der Waals surface area contributed by atoms with Crippen LogP contribution in [-0.2, 0) is 0 Å². The minimum absolute atomic E-state index is 0.0341. The van der Waals surface area contributed by atoms with Gasteiger partial charge in [0.15, 0.2) is 5.96 Å². The maximum atomic E-state index is 12.5. The van der Waals surface area contributed by atoms with E-state index in [9.17, 15) is 13.2 Å². The summed E-state index contributed by atoms with van der Waals surface area (Å²) in [6, 6.07) is 7.37. The number of rotatable bonds is 9. The van der Waals surface area contributed by atoms with E-state index >= 15 is 0 Å². The van der Waals surface area contributed by atoms with Crippen LogP contribution in [0, 0.1) is 0 Å². The number of halogens is 3. The lowest BCUT2D eigenvalue weighted by Gasteiger charge is -2.19. The first kappa shape index (κ1) is 22.1. The monoisotopic (exact) mass is 402 g/mol. The molecule has 9 heteroatoms. The zero-order valence-electron chi connectivity index (χ0n) is 16.4. The predicted molar refractivity (Wildman–Crippen MR) is 103 cm³/mol. The van der Waals surface area contributed by atoms with Crippen molar-refractivity contribution in [1.82, 2.24) is 15.5 Å². The number of ether oxygens (including phenoxy) is 2. The van der Waals surface area contributed by atoms with Gasteiger partial charge in [0.25, 0.3) is 0 Å². The lowest BCUT2D eigenvalue weighted by molar-refractivity contribution is -0.143. The Bertz CT molecular complexity index is 625. The number of hydrogen-bond acceptors (Lipinski definition) is 4. The third-order valence-electron chi connectivity index (χ3n) is 4.24. The molecule has 1 unspecified atom stereocenters. The Kier molecular flexibility index (Phi) is 8.69. The molecule has 6 nitrogen and oxygen atoms in total. The molecule has 0 saturated carbocycles. The molecule has 1 aromatic carbocycles. The highest BCUT2D eigenvalue weighted by molar-refractivity contribution is 5.80. The van der Waals surface area contributed by atoms with Crippen LogP contribution in [0.2, 0.25) is 0 Å². The molecule has 1 aliphatic rings. The molecule has 158 valence electrons. The summed E-state index contributed by atoms with van der Waals surface area (Å²) in [6.07, 6.45) is -2.77. The quantitative estimate of drug-likeness (QED) is 0.378. The highest BCUT2D eigenvalue weighted by Gasteiger charge is 2.34. The summed E-state index contributed by atoms with van der Waals surface area (Å²) in [6.45, 7) is 3.64. The average molecular weight is 402 g/mol. The van der Waals surface area contributed by atoms with E-state index in [-0.39, 0.29) is 6.04 Å². The summed E-state index contributed by atoms with van der Waals surface area (Å²) in [5.74, 6) is 2.11. The van der Waals surface area contributed by atoms with Crippen molar-refractivity contribution < 1.29 is 22.6 Å². The van der Waals surface area contributed by atoms with Gasteiger partial charge in [0, 0.05) is 44.7 Å². The Morgan fingerprint density at radius 2 is 2.11 bits per heavy atom. The fourth-order valence-corrected chi connectivity index (χ4v) is 3.00. The molecular weight excluding hydrogens is 373 g/mol. The van der Waals surface area contributed by atoms with E-state index < -0.39 is 12.7 Å². The summed E-state index contributed by atoms with van der Waals surface area (Å²) in [7, 11) is 1.61. The first-order valence-corrected chi connectivity index (χ1v) is 9.50. The molecule has 0 aromatic heterocycles. The van der Waals surface area contributed by atoms with Crippen LogP contribution < -0.4 is 20.1 Å². The fourth-order valence-electron chi connectivity index (χ4n) is 3.00. The second-order valence-corrected chi connectivity index (χ2v) is 6.62. The molecule has 1 fully saturated rings. The van der Waals surface area contributed by atoms with Gasteiger partial charge in [-0.15, -0.1) is 0 Å². The second kappa shape index (κ2) is 11.0. The number of alkyl halides is 3. The van der Waals surface area contributed by atoms with Crippen LogP contribution in [0.15, 0.2) is 29.3 Å². The van der Waals surface area contributed by atoms with Gasteiger partial charge in [0.05, 0.1) is 20.3 Å². The molecule has 0 spiro atoms. The Morgan fingerprint density at radius 1 is 1.32 bits per heavy atom. The van der Waals surface area contributed by atoms with Gasteiger partial charge in [0.2, 0.25) is 0 Å². The largest absolute Gasteiger partial charge is 0.497 e. The predicted octanol–water partition coefficient (Wildman–Crippen LogP) is 2.66. The SMILES string of the molecule is CCNC(=NCCCOc1cccc(OC)c1)NC1CCN(CC(F)(F)F)C1. The lowest BCUT2D eigenvalue weighted by Crippen LogP contribution is -2.45. The van der Waals surface area contributed by atoms with Crippen molar-refractivity contribution in [2.45, 2.75) is 32.0 Å². The molecule has 2 rings (SSSR count). The summed E-state index contributed by atoms with van der Waals surface area (Å²) in [5.41, 5.74) is 0. The number of hydrogen-bond donors (Lipinski definition) is 2. The van der Waals surface area contributed by atoms with Crippen molar-refractivity contribution in [3.05, 3.63) is 24.3 Å². The molecule has 0 bridgehead atoms. The van der Waals surface area contributed by atoms with Crippen molar-refractivity contribution in [1.29, 1.82) is 0 Å². The second-order valence-electron chi connectivity index (χ2n) is 6.62. The Labute approximate surface area is 164 Å². The number of methoxy groups -OCH3 is 1. The van der Waals surface area contributed by atoms with Crippen LogP contribution in [0.4, 0.5) is 13.2 Å². The van der Waals surface area contributed by atoms with Crippen molar-refractivity contribution in [2.75, 3.05) is 46.4 Å². The van der Waals surface area contributed by atoms with Gasteiger partial charge >= 0.3 is 6.18 Å². The summed E-state index contributed by atoms with van der Waals surface area (Å²) in [5, 5.41) is 6.37. The molecule has 0 aliphatic carbocycles. The third kappa shape index (κ3) is 8.24. The van der Waals surface area contributed by atoms with E-state index in [1.54, 1.807) is 7.11 Å². The van der Waals surface area contributed by atoms with E-state index in [1.165, 1.54) is 4.90 Å². The van der Waals surface area contributed by atoms with Crippen LogP contribution >= 0.6 is 0 Å². The Hall–Kier alpha value is -2.16. The molecule has 2 N–H and O–H groups in total. The van der Waals surface area contributed by atoms with Gasteiger partial charge in [0.1, 0.15) is 11.5 Å². The number of benzene rings is 1. The molecule has 1 aromatic rings. The van der Waals surface area contributed by atoms with Crippen LogP contribution in [0.25, 0.3) is 0 Å². The van der Waals surface area contributed by atoms with Gasteiger partial charge in [-0.3, -0.25) is 9.89 Å². The summed E-state index contributed by atoms with van der Waals surface area (Å²) in [4.78, 5) is 5.91. The number of nitrogens with one attached hydrogen (secondary N) is 2. The summed E-state index contributed by atoms with van der Waals surface area (Å²) >= 11 is 0. The smallest absolute Gasteiger partial charge is 0.401 e. The molecular formula is C19H29F3N4O2. The normalized spacial score (nSPS) is 18.2. The van der Waals surface area contributed by atoms with E-state index in [0.29, 0.717) is 45.2 Å². The Balaban J connectivity index is 1.73. The fraction of sp³-hybridized carbons (Fsp3) is 0.632. The van der Waals surface area contributed by atoms with Crippen LogP contribution in [-0.4, -0.2) is 69.5 Å². The maximum Gasteiger partial charge on any atom is 0.401 e. The van der Waals surface area contributed by atoms with Crippen LogP contribution in [0.1, 0.15) is 19.8 Å². The van der Waals surface area contributed by atoms with Gasteiger partial charge in [-0.25, -0.2) is 0 Å². The molecule has 1 heterocycles. The van der Waals surface area contributed by atoms with Crippen LogP contribution in [0.3, 0.4) is 0 Å². The molecule has 1 aliphatic heterocycles. The van der Waals surface area contributed by atoms with Crippen molar-refractivity contribution in [2.24, 2.45) is 4.99 Å². The molecule has 0 radical (unpaired) electrons. The van der Waals surface area contributed by atoms with E-state index in [4.69, 9.17) is 9.47 Å². The average Bonchev–Trinajstić information content (AvgIpc) is 3.06. The molecule has 1 saturated heterocycles. The van der Waals surface area contributed by atoms with Gasteiger partial charge in [-0.2, -0.15) is 13.2 Å². The highest BCUT2D eigenvalue weighted by atomic mass is 19.4. The van der Waals surface area contributed by atoms with Gasteiger partial charge in [-0.1, -0.05) is 6.07 Å². The van der Waals surface area contributed by atoms with Crippen molar-refractivity contribution in [3.63, 3.8) is 0 Å². The Morgan fingerprint density at radius 3 is 2.82 bits per heavy atom. The van der Waals surface area contributed by atoms with Gasteiger partial charge in [-0.05, 0) is 25.5 Å². The van der Waals surface area contributed by atoms with Crippen molar-refractivity contribution >= 4 is 5.96 Å². The third-order valence-corrected chi connectivity index (χ3v) is 4.24. The number of aliphatic imine (C=N–C) groups is 1. The number of nitrogens with zero attached hydrogens (tertiary/aromatic N) is 2. The first-order chi connectivity index (χ1) is 13.4. The zero-order valence-corrected chi connectivity index (χ0v) is 16.4. The topological polar surface area (TPSA) is 58.1 Å². The molecule has 1 atom stereocenters. The minimum Gasteiger partial charge on any atom is -0.497 e.